The van der Waals surface area contributed by atoms with Crippen molar-refractivity contribution in [3.8, 4) is 0 Å². The van der Waals surface area contributed by atoms with E-state index in [2.05, 4.69) is 6.92 Å². The Kier molecular flexibility index (Phi) is 4.56. The zero-order valence-corrected chi connectivity index (χ0v) is 11.5. The molecule has 1 aromatic rings. The van der Waals surface area contributed by atoms with Gasteiger partial charge in [0.25, 0.3) is 5.91 Å². The van der Waals surface area contributed by atoms with E-state index in [9.17, 15) is 9.90 Å². The standard InChI is InChI=1S/C15H21NO3/c1-11-7-8-16(14(11)9-17)15(18)13-6-4-3-5-12(13)10-19-2/h3-6,11,14,17H,7-10H2,1-2H3. The number of hydrogen-bond donors (Lipinski definition) is 1. The van der Waals surface area contributed by atoms with Crippen LogP contribution in [0, 0.1) is 5.92 Å². The van der Waals surface area contributed by atoms with Crippen molar-refractivity contribution in [2.75, 3.05) is 20.3 Å². The molecule has 104 valence electrons. The Morgan fingerprint density at radius 1 is 1.47 bits per heavy atom. The molecule has 1 aromatic carbocycles. The van der Waals surface area contributed by atoms with Crippen LogP contribution < -0.4 is 0 Å². The number of benzene rings is 1. The highest BCUT2D eigenvalue weighted by Gasteiger charge is 2.34. The number of methoxy groups -OCH3 is 1. The molecule has 1 fully saturated rings. The van der Waals surface area contributed by atoms with Crippen molar-refractivity contribution in [2.45, 2.75) is 26.0 Å². The minimum absolute atomic E-state index is 0.00366. The van der Waals surface area contributed by atoms with Crippen LogP contribution in [0.3, 0.4) is 0 Å². The third-order valence-corrected chi connectivity index (χ3v) is 3.88. The second-order valence-corrected chi connectivity index (χ2v) is 5.10. The highest BCUT2D eigenvalue weighted by molar-refractivity contribution is 5.96. The first kappa shape index (κ1) is 14.0. The van der Waals surface area contributed by atoms with Crippen molar-refractivity contribution in [1.82, 2.24) is 4.90 Å². The summed E-state index contributed by atoms with van der Waals surface area (Å²) in [6, 6.07) is 7.43. The maximum Gasteiger partial charge on any atom is 0.254 e. The van der Waals surface area contributed by atoms with Crippen LogP contribution in [0.25, 0.3) is 0 Å². The molecule has 4 heteroatoms. The quantitative estimate of drug-likeness (QED) is 0.899. The van der Waals surface area contributed by atoms with Gasteiger partial charge >= 0.3 is 0 Å². The summed E-state index contributed by atoms with van der Waals surface area (Å²) in [6.07, 6.45) is 0.948. The lowest BCUT2D eigenvalue weighted by Gasteiger charge is -2.26. The van der Waals surface area contributed by atoms with Gasteiger partial charge in [0.2, 0.25) is 0 Å². The summed E-state index contributed by atoms with van der Waals surface area (Å²) in [6.45, 7) is 3.25. The summed E-state index contributed by atoms with van der Waals surface area (Å²) in [5.41, 5.74) is 1.57. The molecular formula is C15H21NO3. The van der Waals surface area contributed by atoms with E-state index in [1.54, 1.807) is 12.0 Å². The molecule has 0 saturated carbocycles. The predicted molar refractivity (Wildman–Crippen MR) is 72.8 cm³/mol. The van der Waals surface area contributed by atoms with Crippen LogP contribution in [0.5, 0.6) is 0 Å². The van der Waals surface area contributed by atoms with Crippen LogP contribution in [0.1, 0.15) is 29.3 Å². The van der Waals surface area contributed by atoms with E-state index in [-0.39, 0.29) is 18.6 Å². The summed E-state index contributed by atoms with van der Waals surface area (Å²) >= 11 is 0. The first-order valence-electron chi connectivity index (χ1n) is 6.67. The fourth-order valence-corrected chi connectivity index (χ4v) is 2.70. The molecule has 19 heavy (non-hydrogen) atoms. The molecule has 1 saturated heterocycles. The molecule has 1 aliphatic heterocycles. The van der Waals surface area contributed by atoms with Crippen LogP contribution in [0.4, 0.5) is 0 Å². The smallest absolute Gasteiger partial charge is 0.254 e. The molecule has 1 aliphatic rings. The van der Waals surface area contributed by atoms with Crippen LogP contribution >= 0.6 is 0 Å². The molecule has 1 amide bonds. The minimum atomic E-state index is -0.0666. The van der Waals surface area contributed by atoms with Crippen LogP contribution in [0.15, 0.2) is 24.3 Å². The topological polar surface area (TPSA) is 49.8 Å². The highest BCUT2D eigenvalue weighted by Crippen LogP contribution is 2.26. The molecule has 2 unspecified atom stereocenters. The lowest BCUT2D eigenvalue weighted by atomic mass is 10.0. The number of carbonyl (C=O) groups is 1. The molecule has 0 spiro atoms. The second kappa shape index (κ2) is 6.17. The number of ether oxygens (including phenoxy) is 1. The maximum absolute atomic E-state index is 12.6. The molecule has 0 aromatic heterocycles. The fraction of sp³-hybridized carbons (Fsp3) is 0.533. The zero-order valence-electron chi connectivity index (χ0n) is 11.5. The largest absolute Gasteiger partial charge is 0.394 e. The third kappa shape index (κ3) is 2.80. The second-order valence-electron chi connectivity index (χ2n) is 5.10. The molecule has 2 atom stereocenters. The summed E-state index contributed by atoms with van der Waals surface area (Å²) in [4.78, 5) is 14.4. The van der Waals surface area contributed by atoms with E-state index in [0.29, 0.717) is 24.6 Å². The van der Waals surface area contributed by atoms with Gasteiger partial charge < -0.3 is 14.7 Å². The van der Waals surface area contributed by atoms with Crippen molar-refractivity contribution >= 4 is 5.91 Å². The summed E-state index contributed by atoms with van der Waals surface area (Å²) in [5.74, 6) is 0.347. The summed E-state index contributed by atoms with van der Waals surface area (Å²) < 4.78 is 5.14. The number of amides is 1. The van der Waals surface area contributed by atoms with Gasteiger partial charge in [-0.1, -0.05) is 25.1 Å². The molecule has 0 bridgehead atoms. The van der Waals surface area contributed by atoms with Gasteiger partial charge in [0.1, 0.15) is 0 Å². The SMILES string of the molecule is COCc1ccccc1C(=O)N1CCC(C)C1CO. The lowest BCUT2D eigenvalue weighted by molar-refractivity contribution is 0.0644. The Bertz CT molecular complexity index is 447. The number of rotatable bonds is 4. The monoisotopic (exact) mass is 263 g/mol. The molecule has 1 heterocycles. The molecule has 1 N–H and O–H groups in total. The average Bonchev–Trinajstić information content (AvgIpc) is 2.80. The Labute approximate surface area is 114 Å². The van der Waals surface area contributed by atoms with Crippen molar-refractivity contribution < 1.29 is 14.6 Å². The predicted octanol–water partition coefficient (Wildman–Crippen LogP) is 1.68. The van der Waals surface area contributed by atoms with E-state index in [1.165, 1.54) is 0 Å². The first-order chi connectivity index (χ1) is 9.19. The number of nitrogens with zero attached hydrogens (tertiary/aromatic N) is 1. The van der Waals surface area contributed by atoms with Crippen molar-refractivity contribution in [3.05, 3.63) is 35.4 Å². The molecule has 0 radical (unpaired) electrons. The normalized spacial score (nSPS) is 22.8. The number of hydrogen-bond acceptors (Lipinski definition) is 3. The summed E-state index contributed by atoms with van der Waals surface area (Å²) in [7, 11) is 1.62. The first-order valence-corrected chi connectivity index (χ1v) is 6.67. The molecule has 2 rings (SSSR count). The number of aliphatic hydroxyl groups is 1. The van der Waals surface area contributed by atoms with Gasteiger partial charge in [0.05, 0.1) is 19.3 Å². The zero-order chi connectivity index (χ0) is 13.8. The van der Waals surface area contributed by atoms with Crippen LogP contribution in [-0.2, 0) is 11.3 Å². The number of likely N-dealkylation sites (tertiary alicyclic amines) is 1. The highest BCUT2D eigenvalue weighted by atomic mass is 16.5. The Balaban J connectivity index is 2.24. The van der Waals surface area contributed by atoms with E-state index in [1.807, 2.05) is 24.3 Å². The van der Waals surface area contributed by atoms with Gasteiger partial charge in [0, 0.05) is 19.2 Å². The Hall–Kier alpha value is -1.39. The van der Waals surface area contributed by atoms with Crippen LogP contribution in [0.2, 0.25) is 0 Å². The lowest BCUT2D eigenvalue weighted by Crippen LogP contribution is -2.40. The average molecular weight is 263 g/mol. The van der Waals surface area contributed by atoms with Crippen molar-refractivity contribution in [1.29, 1.82) is 0 Å². The van der Waals surface area contributed by atoms with Gasteiger partial charge in [0.15, 0.2) is 0 Å². The summed E-state index contributed by atoms with van der Waals surface area (Å²) in [5, 5.41) is 9.46. The minimum Gasteiger partial charge on any atom is -0.394 e. The maximum atomic E-state index is 12.6. The molecule has 4 nitrogen and oxygen atoms in total. The van der Waals surface area contributed by atoms with E-state index in [0.717, 1.165) is 12.0 Å². The van der Waals surface area contributed by atoms with Crippen molar-refractivity contribution in [3.63, 3.8) is 0 Å². The molecule has 0 aliphatic carbocycles. The third-order valence-electron chi connectivity index (χ3n) is 3.88. The van der Waals surface area contributed by atoms with Gasteiger partial charge in [-0.2, -0.15) is 0 Å². The van der Waals surface area contributed by atoms with Crippen molar-refractivity contribution in [2.24, 2.45) is 5.92 Å². The molecular weight excluding hydrogens is 242 g/mol. The van der Waals surface area contributed by atoms with Gasteiger partial charge in [-0.15, -0.1) is 0 Å². The van der Waals surface area contributed by atoms with Gasteiger partial charge in [-0.25, -0.2) is 0 Å². The number of carbonyl (C=O) groups excluding carboxylic acids is 1. The Morgan fingerprint density at radius 3 is 2.89 bits per heavy atom. The van der Waals surface area contributed by atoms with E-state index >= 15 is 0 Å². The van der Waals surface area contributed by atoms with E-state index < -0.39 is 0 Å². The van der Waals surface area contributed by atoms with E-state index in [4.69, 9.17) is 4.74 Å². The van der Waals surface area contributed by atoms with Gasteiger partial charge in [-0.3, -0.25) is 4.79 Å². The van der Waals surface area contributed by atoms with Crippen LogP contribution in [-0.4, -0.2) is 42.2 Å². The fourth-order valence-electron chi connectivity index (χ4n) is 2.70. The number of aliphatic hydroxyl groups excluding tert-OH is 1. The Morgan fingerprint density at radius 2 is 2.21 bits per heavy atom. The van der Waals surface area contributed by atoms with Gasteiger partial charge in [-0.05, 0) is 24.0 Å².